The highest BCUT2D eigenvalue weighted by molar-refractivity contribution is 8.00. The molecule has 0 aromatic heterocycles. The fourth-order valence-corrected chi connectivity index (χ4v) is 4.53. The number of carbonyl (C=O) groups is 3. The number of amides is 3. The van der Waals surface area contributed by atoms with Crippen molar-refractivity contribution in [2.45, 2.75) is 38.0 Å². The molecule has 1 unspecified atom stereocenters. The molecule has 3 amide bonds. The first-order chi connectivity index (χ1) is 15.6. The summed E-state index contributed by atoms with van der Waals surface area (Å²) in [6, 6.07) is 5.66. The van der Waals surface area contributed by atoms with Gasteiger partial charge in [0.2, 0.25) is 0 Å². The predicted molar refractivity (Wildman–Crippen MR) is 123 cm³/mol. The van der Waals surface area contributed by atoms with Crippen LogP contribution >= 0.6 is 11.8 Å². The average Bonchev–Trinajstić information content (AvgIpc) is 2.69. The van der Waals surface area contributed by atoms with Crippen molar-refractivity contribution in [2.75, 3.05) is 31.7 Å². The Hall–Kier alpha value is -2.74. The van der Waals surface area contributed by atoms with Crippen molar-refractivity contribution in [1.29, 1.82) is 0 Å². The van der Waals surface area contributed by atoms with Crippen LogP contribution in [0.3, 0.4) is 0 Å². The average molecular weight is 476 g/mol. The number of methoxy groups -OCH3 is 1. The predicted octanol–water partition coefficient (Wildman–Crippen LogP) is 1.64. The first-order valence-corrected chi connectivity index (χ1v) is 11.7. The van der Waals surface area contributed by atoms with Crippen molar-refractivity contribution in [3.8, 4) is 11.8 Å². The number of rotatable bonds is 5. The number of hydroxylamine groups is 1. The molecule has 0 radical (unpaired) electrons. The largest absolute Gasteiger partial charge is 0.444 e. The van der Waals surface area contributed by atoms with Crippen molar-refractivity contribution in [3.05, 3.63) is 35.4 Å². The number of thioether (sulfide) groups is 1. The van der Waals surface area contributed by atoms with Gasteiger partial charge in [-0.2, -0.15) is 11.8 Å². The van der Waals surface area contributed by atoms with Crippen LogP contribution in [0, 0.1) is 17.8 Å². The van der Waals surface area contributed by atoms with Gasteiger partial charge < -0.3 is 19.7 Å². The molecule has 1 aromatic carbocycles. The minimum atomic E-state index is -1.02. The van der Waals surface area contributed by atoms with Crippen LogP contribution in [0.1, 0.15) is 36.7 Å². The van der Waals surface area contributed by atoms with E-state index in [2.05, 4.69) is 17.2 Å². The number of benzene rings is 1. The minimum Gasteiger partial charge on any atom is -0.444 e. The van der Waals surface area contributed by atoms with Crippen molar-refractivity contribution in [3.63, 3.8) is 0 Å². The number of nitrogens with zero attached hydrogens (tertiary/aromatic N) is 1. The molecule has 1 aromatic rings. The van der Waals surface area contributed by atoms with Crippen LogP contribution in [0.2, 0.25) is 0 Å². The summed E-state index contributed by atoms with van der Waals surface area (Å²) < 4.78 is 10.8. The normalized spacial score (nSPS) is 18.0. The van der Waals surface area contributed by atoms with Crippen LogP contribution in [0.15, 0.2) is 24.3 Å². The molecule has 3 rings (SSSR count). The Morgan fingerprint density at radius 3 is 2.33 bits per heavy atom. The zero-order valence-electron chi connectivity index (χ0n) is 19.1. The smallest absolute Gasteiger partial charge is 0.410 e. The molecule has 0 bridgehead atoms. The second-order valence-electron chi connectivity index (χ2n) is 9.07. The molecule has 2 fully saturated rings. The van der Waals surface area contributed by atoms with Crippen molar-refractivity contribution in [2.24, 2.45) is 5.92 Å². The molecule has 9 nitrogen and oxygen atoms in total. The van der Waals surface area contributed by atoms with Gasteiger partial charge in [0.25, 0.3) is 11.8 Å². The molecule has 1 atom stereocenters. The van der Waals surface area contributed by atoms with E-state index in [4.69, 9.17) is 14.7 Å². The Labute approximate surface area is 197 Å². The number of ether oxygens (including phenoxy) is 2. The summed E-state index contributed by atoms with van der Waals surface area (Å²) in [5, 5.41) is 11.7. The van der Waals surface area contributed by atoms with Crippen LogP contribution in [0.25, 0.3) is 0 Å². The summed E-state index contributed by atoms with van der Waals surface area (Å²) in [5.41, 5.74) is 1.32. The third-order valence-corrected chi connectivity index (χ3v) is 6.76. The maximum Gasteiger partial charge on any atom is 0.410 e. The van der Waals surface area contributed by atoms with E-state index in [9.17, 15) is 14.4 Å². The zero-order chi connectivity index (χ0) is 24.2. The standard InChI is InChI=1S/C23H29N3O6S/c1-22(2,3)32-21(29)26-11-16(12-26)6-5-15-7-9-17(10-8-15)19(27)24-18(20(28)25-30)23(31-4)13-33-14-23/h7-10,16,18,30H,11-14H2,1-4H3,(H,24,27)(H,25,28). The lowest BCUT2D eigenvalue weighted by Crippen LogP contribution is -2.66. The molecular formula is C23H29N3O6S. The van der Waals surface area contributed by atoms with E-state index >= 15 is 0 Å². The van der Waals surface area contributed by atoms with Gasteiger partial charge in [0, 0.05) is 42.8 Å². The summed E-state index contributed by atoms with van der Waals surface area (Å²) in [6.45, 7) is 6.53. The molecule has 3 N–H and O–H groups in total. The van der Waals surface area contributed by atoms with Gasteiger partial charge in [0.15, 0.2) is 0 Å². The monoisotopic (exact) mass is 475 g/mol. The lowest BCUT2D eigenvalue weighted by molar-refractivity contribution is -0.138. The van der Waals surface area contributed by atoms with Crippen LogP contribution < -0.4 is 10.8 Å². The quantitative estimate of drug-likeness (QED) is 0.337. The lowest BCUT2D eigenvalue weighted by Gasteiger charge is -2.44. The van der Waals surface area contributed by atoms with Crippen molar-refractivity contribution >= 4 is 29.7 Å². The van der Waals surface area contributed by atoms with Crippen LogP contribution in [0.5, 0.6) is 0 Å². The Morgan fingerprint density at radius 1 is 1.21 bits per heavy atom. The molecule has 0 saturated carbocycles. The SMILES string of the molecule is COC1(C(NC(=O)c2ccc(C#CC3CN(C(=O)OC(C)(C)C)C3)cc2)C(=O)NO)CSC1. The molecule has 0 aliphatic carbocycles. The third kappa shape index (κ3) is 5.99. The van der Waals surface area contributed by atoms with Gasteiger partial charge in [0.05, 0.1) is 5.92 Å². The van der Waals surface area contributed by atoms with Gasteiger partial charge in [0.1, 0.15) is 17.2 Å². The van der Waals surface area contributed by atoms with E-state index in [0.717, 1.165) is 5.56 Å². The zero-order valence-corrected chi connectivity index (χ0v) is 20.0. The molecule has 2 aliphatic heterocycles. The second kappa shape index (κ2) is 10.0. The molecule has 2 aliphatic rings. The summed E-state index contributed by atoms with van der Waals surface area (Å²) in [4.78, 5) is 38.4. The summed E-state index contributed by atoms with van der Waals surface area (Å²) in [6.07, 6.45) is -0.333. The first kappa shape index (κ1) is 24.9. The van der Waals surface area contributed by atoms with E-state index in [1.807, 2.05) is 20.8 Å². The minimum absolute atomic E-state index is 0.0730. The maximum atomic E-state index is 12.7. The van der Waals surface area contributed by atoms with Crippen LogP contribution in [-0.4, -0.2) is 77.0 Å². The molecule has 10 heteroatoms. The highest BCUT2D eigenvalue weighted by Gasteiger charge is 2.50. The number of hydrogen-bond donors (Lipinski definition) is 3. The van der Waals surface area contributed by atoms with Crippen LogP contribution in [0.4, 0.5) is 4.79 Å². The van der Waals surface area contributed by atoms with Crippen molar-refractivity contribution < 1.29 is 29.1 Å². The van der Waals surface area contributed by atoms with Gasteiger partial charge in [-0.1, -0.05) is 11.8 Å². The van der Waals surface area contributed by atoms with Gasteiger partial charge >= 0.3 is 6.09 Å². The molecule has 0 spiro atoms. The highest BCUT2D eigenvalue weighted by Crippen LogP contribution is 2.35. The molecule has 33 heavy (non-hydrogen) atoms. The van der Waals surface area contributed by atoms with Gasteiger partial charge in [-0.3, -0.25) is 14.8 Å². The number of hydrogen-bond acceptors (Lipinski definition) is 7. The second-order valence-corrected chi connectivity index (χ2v) is 10.1. The number of likely N-dealkylation sites (tertiary alicyclic amines) is 1. The van der Waals surface area contributed by atoms with Gasteiger partial charge in [-0.15, -0.1) is 0 Å². The van der Waals surface area contributed by atoms with Crippen molar-refractivity contribution in [1.82, 2.24) is 15.7 Å². The fourth-order valence-electron chi connectivity index (χ4n) is 3.36. The fraction of sp³-hybridized carbons (Fsp3) is 0.522. The van der Waals surface area contributed by atoms with Gasteiger partial charge in [-0.05, 0) is 45.0 Å². The first-order valence-electron chi connectivity index (χ1n) is 10.5. The van der Waals surface area contributed by atoms with E-state index in [1.165, 1.54) is 7.11 Å². The van der Waals surface area contributed by atoms with E-state index < -0.39 is 29.1 Å². The number of carbonyl (C=O) groups excluding carboxylic acids is 3. The third-order valence-electron chi connectivity index (χ3n) is 5.37. The Bertz CT molecular complexity index is 948. The molecule has 178 valence electrons. The summed E-state index contributed by atoms with van der Waals surface area (Å²) in [5.74, 6) is 6.14. The van der Waals surface area contributed by atoms with E-state index in [1.54, 1.807) is 46.4 Å². The Morgan fingerprint density at radius 2 is 1.85 bits per heavy atom. The summed E-state index contributed by atoms with van der Waals surface area (Å²) in [7, 11) is 1.48. The maximum absolute atomic E-state index is 12.7. The Balaban J connectivity index is 1.56. The summed E-state index contributed by atoms with van der Waals surface area (Å²) >= 11 is 1.59. The van der Waals surface area contributed by atoms with E-state index in [-0.39, 0.29) is 12.0 Å². The molecular weight excluding hydrogens is 446 g/mol. The van der Waals surface area contributed by atoms with E-state index in [0.29, 0.717) is 30.2 Å². The molecule has 2 saturated heterocycles. The topological polar surface area (TPSA) is 117 Å². The molecule has 2 heterocycles. The highest BCUT2D eigenvalue weighted by atomic mass is 32.2. The Kier molecular flexibility index (Phi) is 7.57. The lowest BCUT2D eigenvalue weighted by atomic mass is 9.95. The van der Waals surface area contributed by atoms with Crippen LogP contribution in [-0.2, 0) is 14.3 Å². The van der Waals surface area contributed by atoms with Gasteiger partial charge in [-0.25, -0.2) is 10.3 Å². The number of nitrogens with one attached hydrogen (secondary N) is 2.